The van der Waals surface area contributed by atoms with E-state index in [1.54, 1.807) is 50.6 Å². The van der Waals surface area contributed by atoms with Gasteiger partial charge in [-0.15, -0.1) is 0 Å². The number of fused-ring (bicyclic) bond motifs is 1. The molecule has 3 rings (SSSR count). The number of unbranched alkanes of at least 4 members (excludes halogenated alkanes) is 2. The van der Waals surface area contributed by atoms with E-state index < -0.39 is 0 Å². The minimum Gasteiger partial charge on any atom is -0.359 e. The topological polar surface area (TPSA) is 138 Å². The van der Waals surface area contributed by atoms with Crippen molar-refractivity contribution in [2.24, 2.45) is 5.92 Å². The number of hydrogen-bond donors (Lipinski definition) is 3. The van der Waals surface area contributed by atoms with Crippen molar-refractivity contribution in [1.29, 1.82) is 0 Å². The van der Waals surface area contributed by atoms with Gasteiger partial charge in [0, 0.05) is 46.6 Å². The predicted molar refractivity (Wildman–Crippen MR) is 202 cm³/mol. The monoisotopic (exact) mass is 689 g/mol. The molecule has 48 heavy (non-hydrogen) atoms. The highest BCUT2D eigenvalue weighted by Gasteiger charge is 2.34. The number of rotatable bonds is 11. The first-order chi connectivity index (χ1) is 22.9. The molecule has 0 bridgehead atoms. The number of anilines is 1. The number of hydrogen-bond acceptors (Lipinski definition) is 7. The molecule has 272 valence electrons. The summed E-state index contributed by atoms with van der Waals surface area (Å²) in [5.74, 6) is 2.17. The lowest BCUT2D eigenvalue weighted by molar-refractivity contribution is -0.121. The van der Waals surface area contributed by atoms with Crippen LogP contribution in [0.15, 0.2) is 48.7 Å². The van der Waals surface area contributed by atoms with E-state index in [1.165, 1.54) is 24.0 Å². The fourth-order valence-electron chi connectivity index (χ4n) is 3.52. The molecule has 10 nitrogen and oxygen atoms in total. The van der Waals surface area contributed by atoms with Gasteiger partial charge < -0.3 is 16.0 Å². The van der Waals surface area contributed by atoms with Gasteiger partial charge in [0.15, 0.2) is 0 Å². The maximum absolute atomic E-state index is 11.9. The van der Waals surface area contributed by atoms with E-state index >= 15 is 0 Å². The molecule has 1 aliphatic rings. The van der Waals surface area contributed by atoms with Gasteiger partial charge in [0.2, 0.25) is 17.7 Å². The molecule has 1 aromatic heterocycles. The van der Waals surface area contributed by atoms with Gasteiger partial charge in [-0.3, -0.25) is 28.9 Å². The fourth-order valence-corrected chi connectivity index (χ4v) is 3.93. The summed E-state index contributed by atoms with van der Waals surface area (Å²) in [5.41, 5.74) is 1.09. The van der Waals surface area contributed by atoms with Crippen molar-refractivity contribution >= 4 is 47.1 Å². The van der Waals surface area contributed by atoms with Crippen LogP contribution in [0.1, 0.15) is 121 Å². The van der Waals surface area contributed by atoms with Crippen molar-refractivity contribution in [1.82, 2.24) is 20.5 Å². The summed E-state index contributed by atoms with van der Waals surface area (Å²) in [4.78, 5) is 60.4. The van der Waals surface area contributed by atoms with Crippen molar-refractivity contribution in [3.63, 3.8) is 0 Å². The quantitative estimate of drug-likeness (QED) is 0.163. The Morgan fingerprint density at radius 1 is 0.812 bits per heavy atom. The standard InChI is InChI=1S/C13H15NO2.C10H14N2O.C5H11NO.C4H10S.C3H7NO.C2H6/c1-2-3-6-9-14-12(15)10-7-4-5-8-11(10)13(14)16;1-8(2)7-10(13)12-9-5-3-4-6-11-9;1-3-4-5(7)6-2;1-3-4-5-2;1-3(5)4-2;1-2/h4-5,7-8H,2-3,6,9H2,1H3;3-6,8H,7H2,1-2H3,(H,11,12,13);3-4H2,1-2H3,(H,6,7);3-4H2,1-2H3;1-2H3,(H,4,5);1-2H3. The summed E-state index contributed by atoms with van der Waals surface area (Å²) in [6, 6.07) is 12.5. The van der Waals surface area contributed by atoms with Crippen LogP contribution in [-0.2, 0) is 14.4 Å². The number of carbonyl (C=O) groups is 5. The molecule has 0 saturated carbocycles. The van der Waals surface area contributed by atoms with E-state index in [2.05, 4.69) is 41.0 Å². The van der Waals surface area contributed by atoms with E-state index in [0.29, 0.717) is 42.2 Å². The maximum atomic E-state index is 11.9. The lowest BCUT2D eigenvalue weighted by Gasteiger charge is -2.12. The van der Waals surface area contributed by atoms with Gasteiger partial charge in [-0.05, 0) is 61.5 Å². The zero-order valence-electron chi connectivity index (χ0n) is 31.4. The molecule has 3 N–H and O–H groups in total. The van der Waals surface area contributed by atoms with Gasteiger partial charge in [-0.1, -0.05) is 79.5 Å². The number of benzene rings is 1. The van der Waals surface area contributed by atoms with Crippen LogP contribution in [0.5, 0.6) is 0 Å². The normalized spacial score (nSPS) is 10.5. The van der Waals surface area contributed by atoms with Gasteiger partial charge in [-0.2, -0.15) is 11.8 Å². The van der Waals surface area contributed by atoms with Crippen molar-refractivity contribution in [2.45, 2.75) is 100 Å². The number of carbonyl (C=O) groups excluding carboxylic acids is 5. The number of amides is 5. The van der Waals surface area contributed by atoms with Crippen molar-refractivity contribution in [3.05, 3.63) is 59.8 Å². The minimum atomic E-state index is -0.142. The molecule has 0 fully saturated rings. The van der Waals surface area contributed by atoms with Crippen molar-refractivity contribution in [2.75, 3.05) is 38.0 Å². The predicted octanol–water partition coefficient (Wildman–Crippen LogP) is 7.61. The summed E-state index contributed by atoms with van der Waals surface area (Å²) in [5, 5.41) is 7.64. The highest BCUT2D eigenvalue weighted by atomic mass is 32.2. The Balaban J connectivity index is -0.000000566. The summed E-state index contributed by atoms with van der Waals surface area (Å²) in [6.07, 6.45) is 10.2. The smallest absolute Gasteiger partial charge is 0.261 e. The summed E-state index contributed by atoms with van der Waals surface area (Å²) >= 11 is 1.90. The van der Waals surface area contributed by atoms with Crippen LogP contribution in [-0.4, -0.2) is 72.1 Å². The first kappa shape index (κ1) is 48.7. The largest absolute Gasteiger partial charge is 0.359 e. The van der Waals surface area contributed by atoms with Gasteiger partial charge in [-0.25, -0.2) is 4.98 Å². The van der Waals surface area contributed by atoms with E-state index in [-0.39, 0.29) is 29.5 Å². The lowest BCUT2D eigenvalue weighted by atomic mass is 10.1. The van der Waals surface area contributed by atoms with Gasteiger partial charge in [0.05, 0.1) is 11.1 Å². The second-order valence-corrected chi connectivity index (χ2v) is 11.6. The van der Waals surface area contributed by atoms with Crippen molar-refractivity contribution in [3.8, 4) is 0 Å². The Morgan fingerprint density at radius 2 is 1.35 bits per heavy atom. The first-order valence-corrected chi connectivity index (χ1v) is 18.4. The fraction of sp³-hybridized carbons (Fsp3) is 0.568. The summed E-state index contributed by atoms with van der Waals surface area (Å²) < 4.78 is 0. The van der Waals surface area contributed by atoms with Crippen LogP contribution in [0.25, 0.3) is 0 Å². The van der Waals surface area contributed by atoms with Gasteiger partial charge in [0.25, 0.3) is 11.8 Å². The third-order valence-corrected chi connectivity index (χ3v) is 6.72. The second kappa shape index (κ2) is 33.2. The third-order valence-electron chi connectivity index (χ3n) is 5.91. The molecule has 2 heterocycles. The summed E-state index contributed by atoms with van der Waals surface area (Å²) in [7, 11) is 3.25. The summed E-state index contributed by atoms with van der Waals surface area (Å²) in [6.45, 7) is 16.3. The number of nitrogens with one attached hydrogen (secondary N) is 3. The van der Waals surface area contributed by atoms with Crippen LogP contribution >= 0.6 is 11.8 Å². The Hall–Kier alpha value is -3.73. The minimum absolute atomic E-state index is 0.00463. The molecular weight excluding hydrogens is 627 g/mol. The van der Waals surface area contributed by atoms with E-state index in [9.17, 15) is 24.0 Å². The highest BCUT2D eigenvalue weighted by molar-refractivity contribution is 7.98. The van der Waals surface area contributed by atoms with E-state index in [1.807, 2.05) is 58.5 Å². The number of nitrogens with zero attached hydrogens (tertiary/aromatic N) is 2. The molecule has 5 amide bonds. The molecule has 0 unspecified atom stereocenters. The molecule has 1 aliphatic heterocycles. The second-order valence-electron chi connectivity index (χ2n) is 10.6. The highest BCUT2D eigenvalue weighted by Crippen LogP contribution is 2.22. The molecule has 0 aliphatic carbocycles. The van der Waals surface area contributed by atoms with Crippen molar-refractivity contribution < 1.29 is 24.0 Å². The van der Waals surface area contributed by atoms with Gasteiger partial charge in [0.1, 0.15) is 5.82 Å². The molecular formula is C37H63N5O5S. The number of thioether (sulfide) groups is 1. The van der Waals surface area contributed by atoms with Crippen LogP contribution < -0.4 is 16.0 Å². The average molecular weight is 690 g/mol. The molecule has 1 aromatic carbocycles. The molecule has 0 atom stereocenters. The average Bonchev–Trinajstić information content (AvgIpc) is 3.32. The maximum Gasteiger partial charge on any atom is 0.261 e. The van der Waals surface area contributed by atoms with Gasteiger partial charge >= 0.3 is 0 Å². The Labute approximate surface area is 295 Å². The van der Waals surface area contributed by atoms with E-state index in [0.717, 1.165) is 25.7 Å². The van der Waals surface area contributed by atoms with Crippen LogP contribution in [0.2, 0.25) is 0 Å². The molecule has 11 heteroatoms. The zero-order chi connectivity index (χ0) is 37.3. The molecule has 2 aromatic rings. The number of imide groups is 1. The first-order valence-electron chi connectivity index (χ1n) is 17.0. The van der Waals surface area contributed by atoms with E-state index in [4.69, 9.17) is 0 Å². The van der Waals surface area contributed by atoms with Crippen LogP contribution in [0, 0.1) is 5.92 Å². The molecule has 0 spiro atoms. The Bertz CT molecular complexity index is 1110. The van der Waals surface area contributed by atoms with Crippen LogP contribution in [0.4, 0.5) is 5.82 Å². The number of pyridine rings is 1. The third kappa shape index (κ3) is 25.4. The molecule has 0 radical (unpaired) electrons. The SMILES string of the molecule is CC.CC(C)CC(=O)Nc1ccccn1.CCCC(=O)NC.CCCCCN1C(=O)c2ccccc2C1=O.CCCSC.CNC(C)=O. The Kier molecular flexibility index (Phi) is 33.6. The number of aromatic nitrogens is 1. The van der Waals surface area contributed by atoms with Crippen LogP contribution in [0.3, 0.4) is 0 Å². The molecule has 0 saturated heterocycles. The Morgan fingerprint density at radius 3 is 1.69 bits per heavy atom. The lowest BCUT2D eigenvalue weighted by Crippen LogP contribution is -2.30. The zero-order valence-corrected chi connectivity index (χ0v) is 32.2.